The Hall–Kier alpha value is -1.62. The van der Waals surface area contributed by atoms with Gasteiger partial charge in [0, 0.05) is 24.8 Å². The van der Waals surface area contributed by atoms with Crippen molar-refractivity contribution in [1.82, 2.24) is 10.2 Å². The van der Waals surface area contributed by atoms with Crippen LogP contribution in [0.3, 0.4) is 0 Å². The first kappa shape index (κ1) is 12.8. The van der Waals surface area contributed by atoms with Gasteiger partial charge in [-0.3, -0.25) is 0 Å². The van der Waals surface area contributed by atoms with E-state index in [0.717, 1.165) is 19.5 Å². The molecule has 1 fully saturated rings. The van der Waals surface area contributed by atoms with E-state index in [0.29, 0.717) is 12.2 Å². The number of amides is 2. The monoisotopic (exact) mass is 251 g/mol. The van der Waals surface area contributed by atoms with Gasteiger partial charge >= 0.3 is 6.03 Å². The molecule has 2 rings (SSSR count). The topological polar surface area (TPSA) is 44.4 Å². The van der Waals surface area contributed by atoms with Gasteiger partial charge in [-0.15, -0.1) is 0 Å². The number of likely N-dealkylation sites (N-methyl/N-ethyl adjacent to an activating group) is 1. The number of carbonyl (C=O) groups excluding carboxylic acids is 1. The fourth-order valence-corrected chi connectivity index (χ4v) is 2.23. The lowest BCUT2D eigenvalue weighted by molar-refractivity contribution is 0.196. The van der Waals surface area contributed by atoms with E-state index in [1.54, 1.807) is 17.0 Å². The number of halogens is 1. The summed E-state index contributed by atoms with van der Waals surface area (Å²) in [4.78, 5) is 13.9. The second-order valence-corrected chi connectivity index (χ2v) is 4.37. The molecular weight excluding hydrogens is 233 g/mol. The molecule has 0 radical (unpaired) electrons. The van der Waals surface area contributed by atoms with Crippen molar-refractivity contribution in [2.45, 2.75) is 19.4 Å². The van der Waals surface area contributed by atoms with Crippen molar-refractivity contribution in [3.05, 3.63) is 30.1 Å². The molecule has 0 aromatic heterocycles. The molecule has 5 heteroatoms. The van der Waals surface area contributed by atoms with E-state index < -0.39 is 0 Å². The minimum Gasteiger partial charge on any atom is -0.321 e. The molecule has 1 unspecified atom stereocenters. The highest BCUT2D eigenvalue weighted by Crippen LogP contribution is 2.13. The van der Waals surface area contributed by atoms with E-state index >= 15 is 0 Å². The Labute approximate surface area is 106 Å². The molecule has 0 saturated carbocycles. The zero-order valence-electron chi connectivity index (χ0n) is 10.4. The molecular formula is C13H18FN3O. The predicted molar refractivity (Wildman–Crippen MR) is 69.1 cm³/mol. The van der Waals surface area contributed by atoms with E-state index in [9.17, 15) is 9.18 Å². The molecule has 1 heterocycles. The summed E-state index contributed by atoms with van der Waals surface area (Å²) in [7, 11) is 0. The molecule has 1 aromatic rings. The highest BCUT2D eigenvalue weighted by atomic mass is 19.1. The summed E-state index contributed by atoms with van der Waals surface area (Å²) >= 11 is 0. The van der Waals surface area contributed by atoms with E-state index in [1.807, 2.05) is 6.92 Å². The van der Waals surface area contributed by atoms with Gasteiger partial charge in [-0.05, 0) is 38.1 Å². The van der Waals surface area contributed by atoms with Crippen molar-refractivity contribution in [3.8, 4) is 0 Å². The van der Waals surface area contributed by atoms with Gasteiger partial charge in [0.15, 0.2) is 0 Å². The normalized spacial score (nSPS) is 18.7. The lowest BCUT2D eigenvalue weighted by Gasteiger charge is -2.27. The van der Waals surface area contributed by atoms with Crippen LogP contribution < -0.4 is 10.6 Å². The third kappa shape index (κ3) is 2.98. The Kier molecular flexibility index (Phi) is 4.15. The number of hydrogen-bond acceptors (Lipinski definition) is 2. The van der Waals surface area contributed by atoms with Crippen molar-refractivity contribution in [1.29, 1.82) is 0 Å². The molecule has 1 aliphatic heterocycles. The first-order chi connectivity index (χ1) is 8.70. The maximum atomic E-state index is 13.0. The smallest absolute Gasteiger partial charge is 0.321 e. The van der Waals surface area contributed by atoms with Crippen LogP contribution in [0.4, 0.5) is 14.9 Å². The Bertz CT molecular complexity index is 418. The molecule has 0 aliphatic carbocycles. The van der Waals surface area contributed by atoms with Crippen LogP contribution in [0.25, 0.3) is 0 Å². The van der Waals surface area contributed by atoms with Crippen molar-refractivity contribution in [2.24, 2.45) is 0 Å². The minimum atomic E-state index is -0.349. The number of nitrogens with zero attached hydrogens (tertiary/aromatic N) is 1. The summed E-state index contributed by atoms with van der Waals surface area (Å²) in [6.07, 6.45) is 0.963. The summed E-state index contributed by atoms with van der Waals surface area (Å²) in [5.74, 6) is -0.349. The van der Waals surface area contributed by atoms with Crippen LogP contribution in [0, 0.1) is 5.82 Å². The standard InChI is InChI=1S/C13H18FN3O/c1-2-17(12-6-7-15-9-12)13(18)16-11-5-3-4-10(14)8-11/h3-5,8,12,15H,2,6-7,9H2,1H3,(H,16,18). The van der Waals surface area contributed by atoms with Gasteiger partial charge in [-0.25, -0.2) is 9.18 Å². The van der Waals surface area contributed by atoms with Gasteiger partial charge in [0.1, 0.15) is 5.82 Å². The first-order valence-electron chi connectivity index (χ1n) is 6.24. The quantitative estimate of drug-likeness (QED) is 0.863. The zero-order chi connectivity index (χ0) is 13.0. The molecule has 1 aromatic carbocycles. The Morgan fingerprint density at radius 3 is 3.06 bits per heavy atom. The maximum absolute atomic E-state index is 13.0. The number of carbonyl (C=O) groups is 1. The van der Waals surface area contributed by atoms with E-state index in [2.05, 4.69) is 10.6 Å². The molecule has 0 spiro atoms. The molecule has 1 aliphatic rings. The Morgan fingerprint density at radius 2 is 2.44 bits per heavy atom. The highest BCUT2D eigenvalue weighted by molar-refractivity contribution is 5.89. The average molecular weight is 251 g/mol. The summed E-state index contributed by atoms with van der Waals surface area (Å²) < 4.78 is 13.0. The van der Waals surface area contributed by atoms with Crippen molar-refractivity contribution < 1.29 is 9.18 Å². The number of nitrogens with one attached hydrogen (secondary N) is 2. The third-order valence-corrected chi connectivity index (χ3v) is 3.15. The molecule has 4 nitrogen and oxygen atoms in total. The minimum absolute atomic E-state index is 0.170. The molecule has 2 amide bonds. The van der Waals surface area contributed by atoms with Crippen molar-refractivity contribution in [3.63, 3.8) is 0 Å². The van der Waals surface area contributed by atoms with Crippen LogP contribution in [0.2, 0.25) is 0 Å². The second-order valence-electron chi connectivity index (χ2n) is 4.37. The molecule has 2 N–H and O–H groups in total. The lowest BCUT2D eigenvalue weighted by Crippen LogP contribution is -2.43. The van der Waals surface area contributed by atoms with E-state index in [4.69, 9.17) is 0 Å². The van der Waals surface area contributed by atoms with Crippen LogP contribution in [-0.2, 0) is 0 Å². The van der Waals surface area contributed by atoms with Crippen LogP contribution >= 0.6 is 0 Å². The predicted octanol–water partition coefficient (Wildman–Crippen LogP) is 2.04. The lowest BCUT2D eigenvalue weighted by atomic mass is 10.2. The summed E-state index contributed by atoms with van der Waals surface area (Å²) in [5, 5.41) is 5.96. The second kappa shape index (κ2) is 5.82. The summed E-state index contributed by atoms with van der Waals surface area (Å²) in [6, 6.07) is 5.99. The van der Waals surface area contributed by atoms with Crippen molar-refractivity contribution >= 4 is 11.7 Å². The van der Waals surface area contributed by atoms with Crippen LogP contribution in [-0.4, -0.2) is 36.6 Å². The van der Waals surface area contributed by atoms with Crippen molar-refractivity contribution in [2.75, 3.05) is 25.0 Å². The first-order valence-corrected chi connectivity index (χ1v) is 6.24. The molecule has 18 heavy (non-hydrogen) atoms. The Morgan fingerprint density at radius 1 is 1.61 bits per heavy atom. The van der Waals surface area contributed by atoms with E-state index in [1.165, 1.54) is 12.1 Å². The molecule has 1 saturated heterocycles. The van der Waals surface area contributed by atoms with Crippen LogP contribution in [0.15, 0.2) is 24.3 Å². The number of hydrogen-bond donors (Lipinski definition) is 2. The number of urea groups is 1. The maximum Gasteiger partial charge on any atom is 0.322 e. The molecule has 1 atom stereocenters. The summed E-state index contributed by atoms with van der Waals surface area (Å²) in [6.45, 7) is 4.36. The zero-order valence-corrected chi connectivity index (χ0v) is 10.4. The SMILES string of the molecule is CCN(C(=O)Nc1cccc(F)c1)C1CCNC1. The van der Waals surface area contributed by atoms with Gasteiger partial charge in [0.05, 0.1) is 0 Å². The summed E-state index contributed by atoms with van der Waals surface area (Å²) in [5.41, 5.74) is 0.490. The molecule has 0 bridgehead atoms. The fraction of sp³-hybridized carbons (Fsp3) is 0.462. The number of anilines is 1. The van der Waals surface area contributed by atoms with E-state index in [-0.39, 0.29) is 17.9 Å². The van der Waals surface area contributed by atoms with Crippen LogP contribution in [0.5, 0.6) is 0 Å². The largest absolute Gasteiger partial charge is 0.322 e. The average Bonchev–Trinajstić information content (AvgIpc) is 2.83. The third-order valence-electron chi connectivity index (χ3n) is 3.15. The number of rotatable bonds is 3. The van der Waals surface area contributed by atoms with Gasteiger partial charge in [-0.1, -0.05) is 6.07 Å². The number of benzene rings is 1. The van der Waals surface area contributed by atoms with Gasteiger partial charge in [-0.2, -0.15) is 0 Å². The fourth-order valence-electron chi connectivity index (χ4n) is 2.23. The van der Waals surface area contributed by atoms with Crippen LogP contribution in [0.1, 0.15) is 13.3 Å². The highest BCUT2D eigenvalue weighted by Gasteiger charge is 2.25. The van der Waals surface area contributed by atoms with Gasteiger partial charge in [0.25, 0.3) is 0 Å². The Balaban J connectivity index is 2.01. The molecule has 98 valence electrons. The van der Waals surface area contributed by atoms with Gasteiger partial charge < -0.3 is 15.5 Å². The van der Waals surface area contributed by atoms with Gasteiger partial charge in [0.2, 0.25) is 0 Å².